The summed E-state index contributed by atoms with van der Waals surface area (Å²) in [7, 11) is 1.54. The van der Waals surface area contributed by atoms with Crippen molar-refractivity contribution >= 4 is 5.78 Å². The van der Waals surface area contributed by atoms with Gasteiger partial charge < -0.3 is 4.74 Å². The lowest BCUT2D eigenvalue weighted by atomic mass is 10.1. The topological polar surface area (TPSA) is 69.9 Å². The Morgan fingerprint density at radius 3 is 2.61 bits per heavy atom. The Labute approximate surface area is 133 Å². The first-order chi connectivity index (χ1) is 11.2. The Bertz CT molecular complexity index is 825. The van der Waals surface area contributed by atoms with Crippen LogP contribution in [0.15, 0.2) is 48.5 Å². The van der Waals surface area contributed by atoms with Gasteiger partial charge in [0.2, 0.25) is 5.82 Å². The molecule has 0 aliphatic carbocycles. The van der Waals surface area contributed by atoms with E-state index in [4.69, 9.17) is 4.74 Å². The van der Waals surface area contributed by atoms with Crippen molar-refractivity contribution in [3.05, 3.63) is 59.7 Å². The van der Waals surface area contributed by atoms with Crippen molar-refractivity contribution in [1.29, 1.82) is 0 Å². The highest BCUT2D eigenvalue weighted by Crippen LogP contribution is 2.18. The summed E-state index contributed by atoms with van der Waals surface area (Å²) in [4.78, 5) is 13.7. The number of aryl methyl sites for hydroxylation is 1. The summed E-state index contributed by atoms with van der Waals surface area (Å²) in [6.07, 6.45) is 0. The van der Waals surface area contributed by atoms with Crippen LogP contribution in [0.1, 0.15) is 15.9 Å². The van der Waals surface area contributed by atoms with Crippen LogP contribution in [-0.2, 0) is 6.54 Å². The maximum Gasteiger partial charge on any atom is 0.204 e. The molecular weight excluding hydrogens is 292 g/mol. The summed E-state index contributed by atoms with van der Waals surface area (Å²) < 4.78 is 5.20. The minimum Gasteiger partial charge on any atom is -0.496 e. The highest BCUT2D eigenvalue weighted by Gasteiger charge is 2.14. The zero-order chi connectivity index (χ0) is 16.2. The van der Waals surface area contributed by atoms with Gasteiger partial charge in [-0.25, -0.2) is 0 Å². The Morgan fingerprint density at radius 2 is 1.87 bits per heavy atom. The molecular formula is C17H16N4O2. The van der Waals surface area contributed by atoms with Crippen molar-refractivity contribution in [3.63, 3.8) is 0 Å². The number of rotatable bonds is 5. The fourth-order valence-corrected chi connectivity index (χ4v) is 2.22. The number of ketones is 1. The van der Waals surface area contributed by atoms with Crippen LogP contribution in [0.3, 0.4) is 0 Å². The second-order valence-corrected chi connectivity index (χ2v) is 5.13. The molecule has 0 saturated heterocycles. The lowest BCUT2D eigenvalue weighted by molar-refractivity contribution is 0.0958. The number of hydrogen-bond donors (Lipinski definition) is 0. The number of Topliss-reactive ketones (excluding diaryl/α,β-unsaturated/α-hetero) is 1. The van der Waals surface area contributed by atoms with Crippen molar-refractivity contribution < 1.29 is 9.53 Å². The second-order valence-electron chi connectivity index (χ2n) is 5.13. The first-order valence-corrected chi connectivity index (χ1v) is 7.18. The Kier molecular flexibility index (Phi) is 4.14. The first-order valence-electron chi connectivity index (χ1n) is 7.18. The van der Waals surface area contributed by atoms with E-state index in [1.54, 1.807) is 18.2 Å². The van der Waals surface area contributed by atoms with Gasteiger partial charge in [-0.15, -0.1) is 10.2 Å². The molecule has 2 aromatic carbocycles. The first kappa shape index (κ1) is 14.9. The number of tetrazole rings is 1. The molecule has 0 bridgehead atoms. The number of methoxy groups -OCH3 is 1. The number of carbonyl (C=O) groups is 1. The smallest absolute Gasteiger partial charge is 0.204 e. The molecule has 0 amide bonds. The number of hydrogen-bond acceptors (Lipinski definition) is 5. The van der Waals surface area contributed by atoms with Gasteiger partial charge in [0, 0.05) is 5.56 Å². The average molecular weight is 308 g/mol. The molecule has 3 aromatic rings. The lowest BCUT2D eigenvalue weighted by Crippen LogP contribution is -2.14. The quantitative estimate of drug-likeness (QED) is 0.677. The van der Waals surface area contributed by atoms with Gasteiger partial charge in [0.25, 0.3) is 0 Å². The molecule has 3 rings (SSSR count). The third kappa shape index (κ3) is 3.26. The van der Waals surface area contributed by atoms with E-state index in [0.717, 1.165) is 11.1 Å². The fraction of sp³-hybridized carbons (Fsp3) is 0.176. The molecule has 1 aromatic heterocycles. The normalized spacial score (nSPS) is 10.5. The molecule has 23 heavy (non-hydrogen) atoms. The molecule has 116 valence electrons. The molecule has 0 N–H and O–H groups in total. The third-order valence-corrected chi connectivity index (χ3v) is 3.46. The molecule has 0 fully saturated rings. The second kappa shape index (κ2) is 6.39. The van der Waals surface area contributed by atoms with Crippen LogP contribution in [0.25, 0.3) is 11.4 Å². The Balaban J connectivity index is 1.79. The highest BCUT2D eigenvalue weighted by atomic mass is 16.5. The van der Waals surface area contributed by atoms with Gasteiger partial charge in [-0.1, -0.05) is 42.0 Å². The Morgan fingerprint density at radius 1 is 1.13 bits per heavy atom. The van der Waals surface area contributed by atoms with Gasteiger partial charge in [-0.2, -0.15) is 4.80 Å². The van der Waals surface area contributed by atoms with Crippen LogP contribution >= 0.6 is 0 Å². The number of aromatic nitrogens is 4. The van der Waals surface area contributed by atoms with Gasteiger partial charge in [0.15, 0.2) is 5.78 Å². The summed E-state index contributed by atoms with van der Waals surface area (Å²) in [5.74, 6) is 0.907. The zero-order valence-electron chi connectivity index (χ0n) is 12.9. The molecule has 0 unspecified atom stereocenters. The summed E-state index contributed by atoms with van der Waals surface area (Å²) in [5.41, 5.74) is 2.53. The van der Waals surface area contributed by atoms with Crippen LogP contribution in [-0.4, -0.2) is 33.1 Å². The summed E-state index contributed by atoms with van der Waals surface area (Å²) in [5, 5.41) is 12.2. The van der Waals surface area contributed by atoms with E-state index in [9.17, 15) is 4.79 Å². The summed E-state index contributed by atoms with van der Waals surface area (Å²) >= 11 is 0. The molecule has 0 spiro atoms. The largest absolute Gasteiger partial charge is 0.496 e. The fourth-order valence-electron chi connectivity index (χ4n) is 2.22. The lowest BCUT2D eigenvalue weighted by Gasteiger charge is -2.06. The maximum absolute atomic E-state index is 12.4. The van der Waals surface area contributed by atoms with Gasteiger partial charge in [0.05, 0.1) is 12.7 Å². The third-order valence-electron chi connectivity index (χ3n) is 3.46. The number of benzene rings is 2. The van der Waals surface area contributed by atoms with E-state index in [1.165, 1.54) is 11.9 Å². The van der Waals surface area contributed by atoms with Crippen LogP contribution in [0.4, 0.5) is 0 Å². The van der Waals surface area contributed by atoms with Crippen LogP contribution in [0.2, 0.25) is 0 Å². The van der Waals surface area contributed by atoms with Gasteiger partial charge in [-0.05, 0) is 24.3 Å². The monoisotopic (exact) mass is 308 g/mol. The van der Waals surface area contributed by atoms with Gasteiger partial charge in [-0.3, -0.25) is 4.79 Å². The summed E-state index contributed by atoms with van der Waals surface area (Å²) in [6, 6.07) is 14.9. The Hall–Kier alpha value is -3.02. The molecule has 0 saturated carbocycles. The van der Waals surface area contributed by atoms with Gasteiger partial charge >= 0.3 is 0 Å². The van der Waals surface area contributed by atoms with E-state index in [2.05, 4.69) is 15.4 Å². The average Bonchev–Trinajstić information content (AvgIpc) is 3.04. The minimum atomic E-state index is -0.129. The minimum absolute atomic E-state index is 0.0131. The summed E-state index contributed by atoms with van der Waals surface area (Å²) in [6.45, 7) is 2.03. The predicted octanol–water partition coefficient (Wildman–Crippen LogP) is 2.54. The molecule has 0 aliphatic heterocycles. The van der Waals surface area contributed by atoms with Crippen molar-refractivity contribution in [2.45, 2.75) is 13.5 Å². The van der Waals surface area contributed by atoms with Crippen LogP contribution in [0.5, 0.6) is 5.75 Å². The molecule has 1 heterocycles. The van der Waals surface area contributed by atoms with Crippen LogP contribution in [0, 0.1) is 6.92 Å². The number of ether oxygens (including phenoxy) is 1. The SMILES string of the molecule is COc1ccccc1C(=O)Cn1nnc(-c2ccc(C)cc2)n1. The number of nitrogens with zero attached hydrogens (tertiary/aromatic N) is 4. The van der Waals surface area contributed by atoms with E-state index < -0.39 is 0 Å². The van der Waals surface area contributed by atoms with Crippen molar-refractivity contribution in [2.24, 2.45) is 0 Å². The molecule has 6 nitrogen and oxygen atoms in total. The number of carbonyl (C=O) groups excluding carboxylic acids is 1. The maximum atomic E-state index is 12.4. The molecule has 0 atom stereocenters. The van der Waals surface area contributed by atoms with E-state index in [0.29, 0.717) is 17.1 Å². The van der Waals surface area contributed by atoms with E-state index >= 15 is 0 Å². The number of para-hydroxylation sites is 1. The van der Waals surface area contributed by atoms with Crippen molar-refractivity contribution in [3.8, 4) is 17.1 Å². The van der Waals surface area contributed by atoms with Crippen molar-refractivity contribution in [2.75, 3.05) is 7.11 Å². The molecule has 6 heteroatoms. The highest BCUT2D eigenvalue weighted by molar-refractivity contribution is 5.98. The standard InChI is InChI=1S/C17H16N4O2/c1-12-7-9-13(10-8-12)17-18-20-21(19-17)11-15(22)14-5-3-4-6-16(14)23-2/h3-10H,11H2,1-2H3. The van der Waals surface area contributed by atoms with Gasteiger partial charge in [0.1, 0.15) is 12.3 Å². The zero-order valence-corrected chi connectivity index (χ0v) is 12.9. The van der Waals surface area contributed by atoms with E-state index in [1.807, 2.05) is 37.3 Å². The molecule has 0 aliphatic rings. The molecule has 0 radical (unpaired) electrons. The van der Waals surface area contributed by atoms with Crippen LogP contribution < -0.4 is 4.74 Å². The van der Waals surface area contributed by atoms with E-state index in [-0.39, 0.29) is 12.3 Å². The predicted molar refractivity (Wildman–Crippen MR) is 85.3 cm³/mol. The van der Waals surface area contributed by atoms with Crippen molar-refractivity contribution in [1.82, 2.24) is 20.2 Å².